The molecule has 5 nitrogen and oxygen atoms in total. The molecule has 1 heterocycles. The molecule has 130 valence electrons. The second-order valence-electron chi connectivity index (χ2n) is 6.37. The number of rotatable bonds is 8. The van der Waals surface area contributed by atoms with Crippen LogP contribution in [0.3, 0.4) is 0 Å². The van der Waals surface area contributed by atoms with Gasteiger partial charge in [0.05, 0.1) is 5.60 Å². The molecule has 2 N–H and O–H groups in total. The Morgan fingerprint density at radius 3 is 2.57 bits per heavy atom. The highest BCUT2D eigenvalue weighted by Crippen LogP contribution is 2.31. The lowest BCUT2D eigenvalue weighted by molar-refractivity contribution is -0.0657. The molecule has 0 aromatic carbocycles. The zero-order valence-corrected chi connectivity index (χ0v) is 14.7. The Bertz CT molecular complexity index is 450. The smallest absolute Gasteiger partial charge is 0.191 e. The number of aliphatic imine (C=N–C) groups is 1. The van der Waals surface area contributed by atoms with Crippen LogP contribution in [-0.2, 0) is 11.3 Å². The lowest BCUT2D eigenvalue weighted by Crippen LogP contribution is -2.50. The van der Waals surface area contributed by atoms with Gasteiger partial charge in [-0.05, 0) is 31.4 Å². The standard InChI is InChI=1S/C18H32N4O/c1-3-15-23-18(9-5-4-6-10-18)16-21-17(19-2)20-11-14-22-12-7-8-13-22/h7-8,12-13H,3-6,9-11,14-16H2,1-2H3,(H2,19,20,21). The van der Waals surface area contributed by atoms with Gasteiger partial charge in [0, 0.05) is 45.7 Å². The van der Waals surface area contributed by atoms with Gasteiger partial charge in [0.15, 0.2) is 5.96 Å². The number of hydrogen-bond acceptors (Lipinski definition) is 2. The van der Waals surface area contributed by atoms with Crippen LogP contribution in [0.4, 0.5) is 0 Å². The van der Waals surface area contributed by atoms with Gasteiger partial charge in [0.2, 0.25) is 0 Å². The van der Waals surface area contributed by atoms with E-state index >= 15 is 0 Å². The normalized spacial score (nSPS) is 17.9. The van der Waals surface area contributed by atoms with Crippen molar-refractivity contribution in [3.05, 3.63) is 24.5 Å². The van der Waals surface area contributed by atoms with Crippen LogP contribution in [0.5, 0.6) is 0 Å². The minimum absolute atomic E-state index is 0.00763. The van der Waals surface area contributed by atoms with Crippen LogP contribution >= 0.6 is 0 Å². The number of ether oxygens (including phenoxy) is 1. The Morgan fingerprint density at radius 2 is 1.91 bits per heavy atom. The van der Waals surface area contributed by atoms with Gasteiger partial charge in [-0.25, -0.2) is 0 Å². The summed E-state index contributed by atoms with van der Waals surface area (Å²) in [6, 6.07) is 4.09. The van der Waals surface area contributed by atoms with Crippen molar-refractivity contribution in [2.45, 2.75) is 57.6 Å². The molecule has 0 unspecified atom stereocenters. The lowest BCUT2D eigenvalue weighted by Gasteiger charge is -2.37. The predicted octanol–water partition coefficient (Wildman–Crippen LogP) is 2.78. The minimum Gasteiger partial charge on any atom is -0.373 e. The largest absolute Gasteiger partial charge is 0.373 e. The SMILES string of the molecule is CCCOC1(CNC(=NC)NCCn2cccc2)CCCCC1. The maximum absolute atomic E-state index is 6.23. The molecule has 1 aromatic heterocycles. The number of aromatic nitrogens is 1. The third-order valence-electron chi connectivity index (χ3n) is 4.51. The van der Waals surface area contributed by atoms with Gasteiger partial charge in [-0.2, -0.15) is 0 Å². The van der Waals surface area contributed by atoms with Crippen LogP contribution in [-0.4, -0.2) is 42.9 Å². The molecule has 0 bridgehead atoms. The molecule has 0 amide bonds. The molecule has 0 atom stereocenters. The van der Waals surface area contributed by atoms with Gasteiger partial charge >= 0.3 is 0 Å². The first-order valence-electron chi connectivity index (χ1n) is 8.97. The van der Waals surface area contributed by atoms with E-state index in [0.29, 0.717) is 0 Å². The van der Waals surface area contributed by atoms with Crippen molar-refractivity contribution in [1.82, 2.24) is 15.2 Å². The summed E-state index contributed by atoms with van der Waals surface area (Å²) in [5, 5.41) is 6.86. The van der Waals surface area contributed by atoms with Crippen LogP contribution in [0.15, 0.2) is 29.5 Å². The average molecular weight is 320 g/mol. The lowest BCUT2D eigenvalue weighted by atomic mass is 9.84. The highest BCUT2D eigenvalue weighted by molar-refractivity contribution is 5.79. The molecule has 1 aliphatic carbocycles. The number of hydrogen-bond donors (Lipinski definition) is 2. The van der Waals surface area contributed by atoms with E-state index in [1.54, 1.807) is 0 Å². The molecule has 1 saturated carbocycles. The van der Waals surface area contributed by atoms with Crippen molar-refractivity contribution in [1.29, 1.82) is 0 Å². The van der Waals surface area contributed by atoms with Crippen molar-refractivity contribution in [2.24, 2.45) is 4.99 Å². The Balaban J connectivity index is 1.77. The van der Waals surface area contributed by atoms with E-state index in [9.17, 15) is 0 Å². The zero-order valence-electron chi connectivity index (χ0n) is 14.7. The first-order chi connectivity index (χ1) is 11.3. The summed E-state index contributed by atoms with van der Waals surface area (Å²) < 4.78 is 8.39. The third-order valence-corrected chi connectivity index (χ3v) is 4.51. The highest BCUT2D eigenvalue weighted by atomic mass is 16.5. The number of nitrogens with one attached hydrogen (secondary N) is 2. The van der Waals surface area contributed by atoms with Gasteiger partial charge in [-0.3, -0.25) is 4.99 Å². The Kier molecular flexibility index (Phi) is 7.46. The first-order valence-corrected chi connectivity index (χ1v) is 8.97. The fourth-order valence-corrected chi connectivity index (χ4v) is 3.17. The summed E-state index contributed by atoms with van der Waals surface area (Å²) in [6.07, 6.45) is 11.4. The van der Waals surface area contributed by atoms with Crippen molar-refractivity contribution in [3.63, 3.8) is 0 Å². The van der Waals surface area contributed by atoms with E-state index in [1.807, 2.05) is 19.2 Å². The van der Waals surface area contributed by atoms with Crippen molar-refractivity contribution < 1.29 is 4.74 Å². The molecule has 0 radical (unpaired) electrons. The molecule has 1 aliphatic rings. The molecular weight excluding hydrogens is 288 g/mol. The summed E-state index contributed by atoms with van der Waals surface area (Å²) in [5.41, 5.74) is -0.00763. The van der Waals surface area contributed by atoms with Crippen LogP contribution < -0.4 is 10.6 Å². The third kappa shape index (κ3) is 5.90. The molecule has 1 aromatic rings. The topological polar surface area (TPSA) is 50.6 Å². The van der Waals surface area contributed by atoms with Crippen LogP contribution in [0.25, 0.3) is 0 Å². The molecule has 0 spiro atoms. The number of nitrogens with zero attached hydrogens (tertiary/aromatic N) is 2. The van der Waals surface area contributed by atoms with Gasteiger partial charge < -0.3 is 19.9 Å². The van der Waals surface area contributed by atoms with E-state index in [1.165, 1.54) is 19.3 Å². The van der Waals surface area contributed by atoms with Gasteiger partial charge in [0.1, 0.15) is 0 Å². The van der Waals surface area contributed by atoms with Crippen molar-refractivity contribution >= 4 is 5.96 Å². The van der Waals surface area contributed by atoms with Crippen LogP contribution in [0.2, 0.25) is 0 Å². The first kappa shape index (κ1) is 17.9. The highest BCUT2D eigenvalue weighted by Gasteiger charge is 2.32. The van der Waals surface area contributed by atoms with E-state index in [0.717, 1.165) is 51.5 Å². The van der Waals surface area contributed by atoms with Gasteiger partial charge in [-0.1, -0.05) is 26.2 Å². The summed E-state index contributed by atoms with van der Waals surface area (Å²) >= 11 is 0. The van der Waals surface area contributed by atoms with Crippen LogP contribution in [0.1, 0.15) is 45.4 Å². The second kappa shape index (κ2) is 9.60. The molecule has 5 heteroatoms. The van der Waals surface area contributed by atoms with Crippen molar-refractivity contribution in [2.75, 3.05) is 26.7 Å². The monoisotopic (exact) mass is 320 g/mol. The van der Waals surface area contributed by atoms with E-state index in [4.69, 9.17) is 4.74 Å². The van der Waals surface area contributed by atoms with E-state index in [-0.39, 0.29) is 5.60 Å². The maximum atomic E-state index is 6.23. The second-order valence-corrected chi connectivity index (χ2v) is 6.37. The molecular formula is C18H32N4O. The molecule has 23 heavy (non-hydrogen) atoms. The minimum atomic E-state index is -0.00763. The molecule has 2 rings (SSSR count). The summed E-state index contributed by atoms with van der Waals surface area (Å²) in [6.45, 7) is 5.66. The van der Waals surface area contributed by atoms with Gasteiger partial charge in [-0.15, -0.1) is 0 Å². The summed E-state index contributed by atoms with van der Waals surface area (Å²) in [4.78, 5) is 4.33. The van der Waals surface area contributed by atoms with Crippen molar-refractivity contribution in [3.8, 4) is 0 Å². The van der Waals surface area contributed by atoms with E-state index in [2.05, 4.69) is 39.5 Å². The fourth-order valence-electron chi connectivity index (χ4n) is 3.17. The zero-order chi connectivity index (χ0) is 16.4. The van der Waals surface area contributed by atoms with Crippen LogP contribution in [0, 0.1) is 0 Å². The molecule has 0 aliphatic heterocycles. The number of guanidine groups is 1. The van der Waals surface area contributed by atoms with Gasteiger partial charge in [0.25, 0.3) is 0 Å². The molecule has 1 fully saturated rings. The predicted molar refractivity (Wildman–Crippen MR) is 95.9 cm³/mol. The molecule has 0 saturated heterocycles. The quantitative estimate of drug-likeness (QED) is 0.572. The Labute approximate surface area is 140 Å². The fraction of sp³-hybridized carbons (Fsp3) is 0.722. The maximum Gasteiger partial charge on any atom is 0.191 e. The summed E-state index contributed by atoms with van der Waals surface area (Å²) in [7, 11) is 1.82. The Hall–Kier alpha value is -1.49. The van der Waals surface area contributed by atoms with E-state index < -0.39 is 0 Å². The summed E-state index contributed by atoms with van der Waals surface area (Å²) in [5.74, 6) is 0.863. The average Bonchev–Trinajstić information content (AvgIpc) is 3.10. The Morgan fingerprint density at radius 1 is 1.17 bits per heavy atom.